The van der Waals surface area contributed by atoms with Crippen LogP contribution in [0.3, 0.4) is 0 Å². The molecule has 3 aromatic rings. The zero-order valence-electron chi connectivity index (χ0n) is 13.8. The van der Waals surface area contributed by atoms with E-state index < -0.39 is 0 Å². The summed E-state index contributed by atoms with van der Waals surface area (Å²) in [4.78, 5) is 25.7. The number of amides is 1. The normalized spacial score (nSPS) is 17.0. The first-order chi connectivity index (χ1) is 12.7. The number of benzene rings is 2. The van der Waals surface area contributed by atoms with E-state index in [4.69, 9.17) is 4.74 Å². The molecule has 0 radical (unpaired) electrons. The molecule has 0 bridgehead atoms. The van der Waals surface area contributed by atoms with E-state index in [1.165, 1.54) is 0 Å². The Balaban J connectivity index is 1.71. The minimum atomic E-state index is -0.154. The molecular formula is C19H14N4O2S. The second-order valence-corrected chi connectivity index (χ2v) is 6.50. The van der Waals surface area contributed by atoms with E-state index in [0.29, 0.717) is 17.3 Å². The van der Waals surface area contributed by atoms with Crippen LogP contribution in [-0.4, -0.2) is 28.2 Å². The van der Waals surface area contributed by atoms with Crippen molar-refractivity contribution in [3.05, 3.63) is 65.3 Å². The lowest BCUT2D eigenvalue weighted by molar-refractivity contribution is 0.265. The summed E-state index contributed by atoms with van der Waals surface area (Å²) in [6.07, 6.45) is 5.23. The molecule has 0 spiro atoms. The van der Waals surface area contributed by atoms with E-state index in [0.717, 1.165) is 33.3 Å². The number of amidine groups is 1. The first kappa shape index (κ1) is 16.3. The van der Waals surface area contributed by atoms with Crippen LogP contribution < -0.4 is 10.1 Å². The Morgan fingerprint density at radius 1 is 1.12 bits per heavy atom. The number of aliphatic imine (C=N–C) groups is 1. The zero-order valence-corrected chi connectivity index (χ0v) is 14.7. The van der Waals surface area contributed by atoms with Crippen molar-refractivity contribution in [3.63, 3.8) is 0 Å². The average molecular weight is 362 g/mol. The topological polar surface area (TPSA) is 76.5 Å². The smallest absolute Gasteiger partial charge is 0.289 e. The first-order valence-corrected chi connectivity index (χ1v) is 8.67. The highest BCUT2D eigenvalue weighted by molar-refractivity contribution is 8.18. The van der Waals surface area contributed by atoms with Crippen molar-refractivity contribution in [1.82, 2.24) is 15.3 Å². The molecule has 2 aromatic carbocycles. The van der Waals surface area contributed by atoms with Gasteiger partial charge in [0.05, 0.1) is 28.7 Å². The van der Waals surface area contributed by atoms with Crippen molar-refractivity contribution in [3.8, 4) is 5.75 Å². The lowest BCUT2D eigenvalue weighted by Crippen LogP contribution is -2.18. The van der Waals surface area contributed by atoms with Crippen LogP contribution in [0, 0.1) is 0 Å². The Hall–Kier alpha value is -3.19. The summed E-state index contributed by atoms with van der Waals surface area (Å²) in [5, 5.41) is 2.63. The largest absolute Gasteiger partial charge is 0.497 e. The van der Waals surface area contributed by atoms with Crippen molar-refractivity contribution in [2.45, 2.75) is 0 Å². The third kappa shape index (κ3) is 3.43. The van der Waals surface area contributed by atoms with Crippen LogP contribution in [0.15, 0.2) is 64.8 Å². The van der Waals surface area contributed by atoms with Crippen LogP contribution in [-0.2, 0) is 0 Å². The van der Waals surface area contributed by atoms with E-state index in [1.807, 2.05) is 48.5 Å². The summed E-state index contributed by atoms with van der Waals surface area (Å²) in [6, 6.07) is 13.1. The van der Waals surface area contributed by atoms with Crippen LogP contribution >= 0.6 is 11.8 Å². The quantitative estimate of drug-likeness (QED) is 0.757. The Morgan fingerprint density at radius 3 is 2.81 bits per heavy atom. The fourth-order valence-electron chi connectivity index (χ4n) is 2.54. The third-order valence-electron chi connectivity index (χ3n) is 3.74. The van der Waals surface area contributed by atoms with E-state index >= 15 is 0 Å². The summed E-state index contributed by atoms with van der Waals surface area (Å²) in [5.41, 5.74) is 3.26. The number of hydrogen-bond acceptors (Lipinski definition) is 6. The molecule has 1 aliphatic heterocycles. The molecule has 1 saturated heterocycles. The summed E-state index contributed by atoms with van der Waals surface area (Å²) in [6.45, 7) is 0. The molecule has 0 aliphatic carbocycles. The van der Waals surface area contributed by atoms with Crippen LogP contribution in [0.5, 0.6) is 5.75 Å². The molecule has 7 heteroatoms. The van der Waals surface area contributed by atoms with Crippen molar-refractivity contribution >= 4 is 45.6 Å². The number of hydrogen-bond donors (Lipinski definition) is 1. The average Bonchev–Trinajstić information content (AvgIpc) is 3.00. The molecule has 0 atom stereocenters. The number of methoxy groups -OCH3 is 1. The van der Waals surface area contributed by atoms with Gasteiger partial charge in [0.25, 0.3) is 5.24 Å². The van der Waals surface area contributed by atoms with E-state index in [1.54, 1.807) is 19.5 Å². The highest BCUT2D eigenvalue weighted by atomic mass is 32.2. The minimum Gasteiger partial charge on any atom is -0.497 e. The van der Waals surface area contributed by atoms with Gasteiger partial charge < -0.3 is 10.1 Å². The molecule has 0 unspecified atom stereocenters. The number of thioether (sulfide) groups is 1. The molecule has 4 rings (SSSR count). The second-order valence-electron chi connectivity index (χ2n) is 5.49. The highest BCUT2D eigenvalue weighted by Crippen LogP contribution is 2.29. The first-order valence-electron chi connectivity index (χ1n) is 7.86. The zero-order chi connectivity index (χ0) is 17.9. The number of nitrogens with one attached hydrogen (secondary N) is 1. The maximum absolute atomic E-state index is 11.9. The SMILES string of the molecule is COc1cccc(N=C2NC(=O)SC2=Cc2ccc3nccnc3c2)c1. The van der Waals surface area contributed by atoms with Gasteiger partial charge in [0.2, 0.25) is 0 Å². The molecule has 26 heavy (non-hydrogen) atoms. The summed E-state index contributed by atoms with van der Waals surface area (Å²) in [7, 11) is 1.60. The molecule has 1 N–H and O–H groups in total. The number of ether oxygens (including phenoxy) is 1. The summed E-state index contributed by atoms with van der Waals surface area (Å²) >= 11 is 1.12. The predicted octanol–water partition coefficient (Wildman–Crippen LogP) is 4.17. The van der Waals surface area contributed by atoms with Gasteiger partial charge in [-0.2, -0.15) is 0 Å². The molecule has 128 valence electrons. The maximum Gasteiger partial charge on any atom is 0.289 e. The number of carbonyl (C=O) groups excluding carboxylic acids is 1. The number of carbonyl (C=O) groups is 1. The van der Waals surface area contributed by atoms with Crippen molar-refractivity contribution in [2.24, 2.45) is 4.99 Å². The molecule has 1 fully saturated rings. The molecule has 1 aliphatic rings. The fraction of sp³-hybridized carbons (Fsp3) is 0.0526. The fourth-order valence-corrected chi connectivity index (χ4v) is 3.28. The van der Waals surface area contributed by atoms with Crippen LogP contribution in [0.4, 0.5) is 10.5 Å². The minimum absolute atomic E-state index is 0.154. The molecular weight excluding hydrogens is 348 g/mol. The van der Waals surface area contributed by atoms with E-state index in [9.17, 15) is 4.79 Å². The van der Waals surface area contributed by atoms with Crippen LogP contribution in [0.25, 0.3) is 17.1 Å². The molecule has 1 aromatic heterocycles. The monoisotopic (exact) mass is 362 g/mol. The maximum atomic E-state index is 11.9. The van der Waals surface area contributed by atoms with Gasteiger partial charge in [-0.05, 0) is 47.7 Å². The predicted molar refractivity (Wildman–Crippen MR) is 104 cm³/mol. The van der Waals surface area contributed by atoms with Gasteiger partial charge in [-0.1, -0.05) is 12.1 Å². The van der Waals surface area contributed by atoms with Gasteiger partial charge in [0.15, 0.2) is 0 Å². The van der Waals surface area contributed by atoms with Gasteiger partial charge in [-0.15, -0.1) is 0 Å². The van der Waals surface area contributed by atoms with Crippen molar-refractivity contribution in [2.75, 3.05) is 7.11 Å². The van der Waals surface area contributed by atoms with Gasteiger partial charge in [0, 0.05) is 18.5 Å². The van der Waals surface area contributed by atoms with Gasteiger partial charge in [-0.25, -0.2) is 4.99 Å². The van der Waals surface area contributed by atoms with Crippen LogP contribution in [0.2, 0.25) is 0 Å². The van der Waals surface area contributed by atoms with Crippen molar-refractivity contribution in [1.29, 1.82) is 0 Å². The Bertz CT molecular complexity index is 1060. The Labute approximate surface area is 154 Å². The van der Waals surface area contributed by atoms with E-state index in [2.05, 4.69) is 20.3 Å². The van der Waals surface area contributed by atoms with Gasteiger partial charge in [-0.3, -0.25) is 14.8 Å². The number of nitrogens with zero attached hydrogens (tertiary/aromatic N) is 3. The molecule has 1 amide bonds. The summed E-state index contributed by atoms with van der Waals surface area (Å²) in [5.74, 6) is 1.23. The lowest BCUT2D eigenvalue weighted by Gasteiger charge is -2.03. The Morgan fingerprint density at radius 2 is 1.96 bits per heavy atom. The highest BCUT2D eigenvalue weighted by Gasteiger charge is 2.23. The standard InChI is InChI=1S/C19H14N4O2S/c1-25-14-4-2-3-13(11-14)22-18-17(26-19(24)23-18)10-12-5-6-15-16(9-12)21-8-7-20-15/h2-11H,1H3,(H,22,23,24). The molecule has 6 nitrogen and oxygen atoms in total. The lowest BCUT2D eigenvalue weighted by atomic mass is 10.1. The second kappa shape index (κ2) is 6.97. The van der Waals surface area contributed by atoms with Gasteiger partial charge in [0.1, 0.15) is 11.6 Å². The number of fused-ring (bicyclic) bond motifs is 1. The Kier molecular flexibility index (Phi) is 4.37. The van der Waals surface area contributed by atoms with Crippen molar-refractivity contribution < 1.29 is 9.53 Å². The molecule has 2 heterocycles. The third-order valence-corrected chi connectivity index (χ3v) is 4.56. The number of aromatic nitrogens is 2. The van der Waals surface area contributed by atoms with Crippen LogP contribution in [0.1, 0.15) is 5.56 Å². The van der Waals surface area contributed by atoms with Gasteiger partial charge >= 0.3 is 0 Å². The van der Waals surface area contributed by atoms with E-state index in [-0.39, 0.29) is 5.24 Å². The molecule has 0 saturated carbocycles. The summed E-state index contributed by atoms with van der Waals surface area (Å²) < 4.78 is 5.21. The number of rotatable bonds is 3.